The fraction of sp³-hybridized carbons (Fsp3) is 0.409. The Hall–Kier alpha value is -2.29. The number of hydrogen-bond acceptors (Lipinski definition) is 2. The molecule has 1 N–H and O–H groups in total. The van der Waals surface area contributed by atoms with Gasteiger partial charge < -0.3 is 10.1 Å². The van der Waals surface area contributed by atoms with Crippen LogP contribution in [0.1, 0.15) is 38.3 Å². The number of hydrogen-bond donors (Lipinski definition) is 1. The first-order valence-corrected chi connectivity index (χ1v) is 9.02. The van der Waals surface area contributed by atoms with Crippen molar-refractivity contribution in [1.82, 2.24) is 5.32 Å². The van der Waals surface area contributed by atoms with Crippen LogP contribution in [0.15, 0.2) is 54.6 Å². The molecule has 2 aromatic carbocycles. The summed E-state index contributed by atoms with van der Waals surface area (Å²) in [5.41, 5.74) is 2.43. The number of nitrogens with one attached hydrogen (secondary N) is 1. The molecule has 0 fully saturated rings. The van der Waals surface area contributed by atoms with E-state index in [-0.39, 0.29) is 23.3 Å². The standard InChI is InChI=1S/C22H27NO2/c1-16(14-22(2,3)19-10-5-4-6-11-19)23-21(24)18-13-17-9-7-8-12-20(17)25-15-18/h4-12,16,18H,13-15H2,1-3H3,(H,23,24). The molecule has 1 heterocycles. The summed E-state index contributed by atoms with van der Waals surface area (Å²) >= 11 is 0. The van der Waals surface area contributed by atoms with Crippen LogP contribution in [0.5, 0.6) is 5.75 Å². The third-order valence-corrected chi connectivity index (χ3v) is 5.01. The third-order valence-electron chi connectivity index (χ3n) is 5.01. The monoisotopic (exact) mass is 337 g/mol. The highest BCUT2D eigenvalue weighted by Gasteiger charge is 2.29. The van der Waals surface area contributed by atoms with Crippen LogP contribution in [0.2, 0.25) is 0 Å². The zero-order chi connectivity index (χ0) is 17.9. The number of carbonyl (C=O) groups is 1. The highest BCUT2D eigenvalue weighted by atomic mass is 16.5. The van der Waals surface area contributed by atoms with Crippen LogP contribution in [0, 0.1) is 5.92 Å². The van der Waals surface area contributed by atoms with Crippen LogP contribution in [0.3, 0.4) is 0 Å². The van der Waals surface area contributed by atoms with Gasteiger partial charge in [0.25, 0.3) is 0 Å². The van der Waals surface area contributed by atoms with Crippen LogP contribution >= 0.6 is 0 Å². The fourth-order valence-corrected chi connectivity index (χ4v) is 3.68. The SMILES string of the molecule is CC(CC(C)(C)c1ccccc1)NC(=O)C1COc2ccccc2C1. The Balaban J connectivity index is 1.58. The Morgan fingerprint density at radius 2 is 1.84 bits per heavy atom. The Morgan fingerprint density at radius 3 is 2.60 bits per heavy atom. The van der Waals surface area contributed by atoms with Gasteiger partial charge in [-0.15, -0.1) is 0 Å². The van der Waals surface area contributed by atoms with E-state index in [1.54, 1.807) is 0 Å². The zero-order valence-corrected chi connectivity index (χ0v) is 15.3. The van der Waals surface area contributed by atoms with E-state index >= 15 is 0 Å². The Bertz CT molecular complexity index is 724. The van der Waals surface area contributed by atoms with Crippen molar-refractivity contribution >= 4 is 5.91 Å². The molecule has 3 rings (SSSR count). The van der Waals surface area contributed by atoms with Crippen molar-refractivity contribution in [3.8, 4) is 5.75 Å². The second-order valence-electron chi connectivity index (χ2n) is 7.68. The molecule has 2 aromatic rings. The lowest BCUT2D eigenvalue weighted by atomic mass is 9.79. The molecule has 0 aliphatic carbocycles. The minimum atomic E-state index is -0.114. The second kappa shape index (κ2) is 7.30. The van der Waals surface area contributed by atoms with Gasteiger partial charge in [-0.2, -0.15) is 0 Å². The van der Waals surface area contributed by atoms with Crippen molar-refractivity contribution in [2.24, 2.45) is 5.92 Å². The van der Waals surface area contributed by atoms with Gasteiger partial charge in [0.1, 0.15) is 12.4 Å². The summed E-state index contributed by atoms with van der Waals surface area (Å²) in [4.78, 5) is 12.6. The predicted octanol–water partition coefficient (Wildman–Crippen LogP) is 4.11. The lowest BCUT2D eigenvalue weighted by Crippen LogP contribution is -2.43. The van der Waals surface area contributed by atoms with E-state index in [2.05, 4.69) is 50.4 Å². The van der Waals surface area contributed by atoms with Crippen LogP contribution in [0.25, 0.3) is 0 Å². The molecule has 132 valence electrons. The summed E-state index contributed by atoms with van der Waals surface area (Å²) in [5, 5.41) is 3.19. The molecule has 0 bridgehead atoms. The quantitative estimate of drug-likeness (QED) is 0.891. The maximum Gasteiger partial charge on any atom is 0.227 e. The van der Waals surface area contributed by atoms with Gasteiger partial charge in [0.15, 0.2) is 0 Å². The minimum Gasteiger partial charge on any atom is -0.492 e. The van der Waals surface area contributed by atoms with E-state index in [1.807, 2.05) is 30.3 Å². The Morgan fingerprint density at radius 1 is 1.16 bits per heavy atom. The first-order valence-electron chi connectivity index (χ1n) is 9.02. The van der Waals surface area contributed by atoms with Gasteiger partial charge in [-0.05, 0) is 42.4 Å². The first-order chi connectivity index (χ1) is 12.0. The van der Waals surface area contributed by atoms with Gasteiger partial charge in [-0.3, -0.25) is 4.79 Å². The summed E-state index contributed by atoms with van der Waals surface area (Å²) < 4.78 is 5.75. The summed E-state index contributed by atoms with van der Waals surface area (Å²) in [5.74, 6) is 0.882. The Labute approximate surface area is 150 Å². The maximum absolute atomic E-state index is 12.6. The predicted molar refractivity (Wildman–Crippen MR) is 101 cm³/mol. The molecule has 1 amide bonds. The number of ether oxygens (including phenoxy) is 1. The average Bonchev–Trinajstić information content (AvgIpc) is 2.61. The fourth-order valence-electron chi connectivity index (χ4n) is 3.68. The van der Waals surface area contributed by atoms with Gasteiger partial charge in [-0.1, -0.05) is 62.4 Å². The normalized spacial score (nSPS) is 18.0. The molecule has 3 nitrogen and oxygen atoms in total. The van der Waals surface area contributed by atoms with Crippen LogP contribution < -0.4 is 10.1 Å². The summed E-state index contributed by atoms with van der Waals surface area (Å²) in [6.07, 6.45) is 1.64. The van der Waals surface area contributed by atoms with Crippen LogP contribution in [-0.4, -0.2) is 18.6 Å². The lowest BCUT2D eigenvalue weighted by molar-refractivity contribution is -0.127. The maximum atomic E-state index is 12.6. The van der Waals surface area contributed by atoms with E-state index in [9.17, 15) is 4.79 Å². The molecule has 0 radical (unpaired) electrons. The van der Waals surface area contributed by atoms with E-state index < -0.39 is 0 Å². The number of para-hydroxylation sites is 1. The lowest BCUT2D eigenvalue weighted by Gasteiger charge is -2.31. The highest BCUT2D eigenvalue weighted by molar-refractivity contribution is 5.79. The molecule has 2 atom stereocenters. The topological polar surface area (TPSA) is 38.3 Å². The van der Waals surface area contributed by atoms with E-state index in [0.29, 0.717) is 6.61 Å². The second-order valence-corrected chi connectivity index (χ2v) is 7.68. The molecule has 1 aliphatic heterocycles. The van der Waals surface area contributed by atoms with Crippen LogP contribution in [0.4, 0.5) is 0 Å². The van der Waals surface area contributed by atoms with Crippen molar-refractivity contribution < 1.29 is 9.53 Å². The van der Waals surface area contributed by atoms with Crippen molar-refractivity contribution in [1.29, 1.82) is 0 Å². The van der Waals surface area contributed by atoms with Gasteiger partial charge in [-0.25, -0.2) is 0 Å². The van der Waals surface area contributed by atoms with Crippen LogP contribution in [-0.2, 0) is 16.6 Å². The molecular formula is C22H27NO2. The van der Waals surface area contributed by atoms with E-state index in [4.69, 9.17) is 4.74 Å². The number of amides is 1. The molecule has 25 heavy (non-hydrogen) atoms. The first kappa shape index (κ1) is 17.5. The molecule has 0 saturated heterocycles. The molecule has 0 spiro atoms. The van der Waals surface area contributed by atoms with Crippen molar-refractivity contribution in [3.63, 3.8) is 0 Å². The van der Waals surface area contributed by atoms with E-state index in [0.717, 1.165) is 24.2 Å². The van der Waals surface area contributed by atoms with Crippen molar-refractivity contribution in [2.75, 3.05) is 6.61 Å². The van der Waals surface area contributed by atoms with Crippen molar-refractivity contribution in [2.45, 2.75) is 45.1 Å². The van der Waals surface area contributed by atoms with E-state index in [1.165, 1.54) is 5.56 Å². The summed E-state index contributed by atoms with van der Waals surface area (Å²) in [7, 11) is 0. The van der Waals surface area contributed by atoms with Crippen molar-refractivity contribution in [3.05, 3.63) is 65.7 Å². The van der Waals surface area contributed by atoms with Gasteiger partial charge in [0.05, 0.1) is 5.92 Å². The van der Waals surface area contributed by atoms with Gasteiger partial charge in [0.2, 0.25) is 5.91 Å². The molecule has 0 saturated carbocycles. The van der Waals surface area contributed by atoms with Gasteiger partial charge in [0, 0.05) is 6.04 Å². The zero-order valence-electron chi connectivity index (χ0n) is 15.3. The Kier molecular flexibility index (Phi) is 5.12. The number of carbonyl (C=O) groups excluding carboxylic acids is 1. The summed E-state index contributed by atoms with van der Waals surface area (Å²) in [6.45, 7) is 6.99. The summed E-state index contributed by atoms with van der Waals surface area (Å²) in [6, 6.07) is 18.5. The highest BCUT2D eigenvalue weighted by Crippen LogP contribution is 2.29. The molecule has 1 aliphatic rings. The molecule has 3 heteroatoms. The number of rotatable bonds is 5. The molecule has 2 unspecified atom stereocenters. The largest absolute Gasteiger partial charge is 0.492 e. The smallest absolute Gasteiger partial charge is 0.227 e. The molecule has 0 aromatic heterocycles. The van der Waals surface area contributed by atoms with Gasteiger partial charge >= 0.3 is 0 Å². The third kappa shape index (κ3) is 4.22. The number of benzene rings is 2. The minimum absolute atomic E-state index is 0.0175. The molecular weight excluding hydrogens is 310 g/mol. The average molecular weight is 337 g/mol. The number of fused-ring (bicyclic) bond motifs is 1.